The van der Waals surface area contributed by atoms with E-state index in [9.17, 15) is 4.79 Å². The maximum atomic E-state index is 12.6. The van der Waals surface area contributed by atoms with Gasteiger partial charge in [0.25, 0.3) is 0 Å². The van der Waals surface area contributed by atoms with Crippen molar-refractivity contribution in [1.82, 2.24) is 9.55 Å². The van der Waals surface area contributed by atoms with Crippen molar-refractivity contribution >= 4 is 34.4 Å². The summed E-state index contributed by atoms with van der Waals surface area (Å²) in [6, 6.07) is 13.4. The molecular formula is C22H27N3O3S. The van der Waals surface area contributed by atoms with Crippen molar-refractivity contribution in [2.45, 2.75) is 37.9 Å². The van der Waals surface area contributed by atoms with E-state index in [1.165, 1.54) is 24.6 Å². The Labute approximate surface area is 175 Å². The first-order chi connectivity index (χ1) is 14.2. The number of nitrogens with one attached hydrogen (secondary N) is 1. The molecule has 0 aliphatic rings. The number of carbonyl (C=O) groups is 1. The van der Waals surface area contributed by atoms with E-state index in [-0.39, 0.29) is 11.7 Å². The average molecular weight is 414 g/mol. The van der Waals surface area contributed by atoms with E-state index in [0.717, 1.165) is 29.2 Å². The van der Waals surface area contributed by atoms with Crippen LogP contribution in [0.4, 0.5) is 5.69 Å². The molecule has 0 unspecified atom stereocenters. The van der Waals surface area contributed by atoms with E-state index in [1.807, 2.05) is 18.2 Å². The van der Waals surface area contributed by atoms with Crippen LogP contribution in [0.1, 0.15) is 26.2 Å². The van der Waals surface area contributed by atoms with Crippen LogP contribution in [0.15, 0.2) is 47.6 Å². The molecule has 7 heteroatoms. The van der Waals surface area contributed by atoms with Gasteiger partial charge in [-0.2, -0.15) is 0 Å². The van der Waals surface area contributed by atoms with Gasteiger partial charge in [0.15, 0.2) is 5.16 Å². The highest BCUT2D eigenvalue weighted by atomic mass is 32.2. The lowest BCUT2D eigenvalue weighted by atomic mass is 10.2. The topological polar surface area (TPSA) is 65.4 Å². The Bertz CT molecular complexity index is 971. The third-order valence-electron chi connectivity index (χ3n) is 4.62. The van der Waals surface area contributed by atoms with Gasteiger partial charge in [0, 0.05) is 12.6 Å². The fourth-order valence-electron chi connectivity index (χ4n) is 3.13. The van der Waals surface area contributed by atoms with Crippen molar-refractivity contribution in [1.29, 1.82) is 0 Å². The number of fused-ring (bicyclic) bond motifs is 1. The summed E-state index contributed by atoms with van der Waals surface area (Å²) in [4.78, 5) is 17.3. The quantitative estimate of drug-likeness (QED) is 0.375. The van der Waals surface area contributed by atoms with Crippen LogP contribution in [0.2, 0.25) is 0 Å². The molecule has 2 aromatic carbocycles. The number of amides is 1. The smallest absolute Gasteiger partial charge is 0.234 e. The first-order valence-corrected chi connectivity index (χ1v) is 10.7. The molecule has 3 aromatic rings. The van der Waals surface area contributed by atoms with E-state index in [0.29, 0.717) is 17.2 Å². The molecule has 1 amide bonds. The summed E-state index contributed by atoms with van der Waals surface area (Å²) in [5, 5.41) is 3.78. The second-order valence-corrected chi connectivity index (χ2v) is 7.59. The Hall–Kier alpha value is -2.67. The molecule has 0 bridgehead atoms. The number of aromatic nitrogens is 2. The molecule has 0 saturated carbocycles. The van der Waals surface area contributed by atoms with Gasteiger partial charge in [0.05, 0.1) is 36.7 Å². The maximum absolute atomic E-state index is 12.6. The number of nitrogens with zero attached hydrogens (tertiary/aromatic N) is 2. The van der Waals surface area contributed by atoms with E-state index >= 15 is 0 Å². The van der Waals surface area contributed by atoms with Crippen LogP contribution in [0.3, 0.4) is 0 Å². The summed E-state index contributed by atoms with van der Waals surface area (Å²) in [7, 11) is 3.16. The van der Waals surface area contributed by atoms with Gasteiger partial charge in [-0.05, 0) is 30.7 Å². The standard InChI is InChI=1S/C22H27N3O3S/c1-4-5-8-13-25-19-10-7-6-9-17(19)24-22(25)29-15-21(26)23-18-14-16(27-2)11-12-20(18)28-3/h6-7,9-12,14H,4-5,8,13,15H2,1-3H3,(H,23,26). The molecule has 0 radical (unpaired) electrons. The summed E-state index contributed by atoms with van der Waals surface area (Å²) >= 11 is 1.45. The number of rotatable bonds is 10. The molecule has 29 heavy (non-hydrogen) atoms. The second kappa shape index (κ2) is 10.2. The number of hydrogen-bond acceptors (Lipinski definition) is 5. The minimum absolute atomic E-state index is 0.117. The summed E-state index contributed by atoms with van der Waals surface area (Å²) < 4.78 is 12.8. The second-order valence-electron chi connectivity index (χ2n) is 6.64. The van der Waals surface area contributed by atoms with E-state index in [2.05, 4.69) is 22.9 Å². The number of imidazole rings is 1. The highest BCUT2D eigenvalue weighted by molar-refractivity contribution is 7.99. The lowest BCUT2D eigenvalue weighted by Gasteiger charge is -2.12. The molecule has 0 aliphatic heterocycles. The zero-order chi connectivity index (χ0) is 20.6. The van der Waals surface area contributed by atoms with Crippen molar-refractivity contribution in [2.75, 3.05) is 25.3 Å². The van der Waals surface area contributed by atoms with Gasteiger partial charge in [0.2, 0.25) is 5.91 Å². The number of thioether (sulfide) groups is 1. The lowest BCUT2D eigenvalue weighted by molar-refractivity contribution is -0.113. The number of anilines is 1. The zero-order valence-corrected chi connectivity index (χ0v) is 17.9. The third kappa shape index (κ3) is 5.23. The Kier molecular flexibility index (Phi) is 7.41. The van der Waals surface area contributed by atoms with Gasteiger partial charge in [0.1, 0.15) is 11.5 Å². The molecule has 0 saturated heterocycles. The van der Waals surface area contributed by atoms with Crippen LogP contribution < -0.4 is 14.8 Å². The summed E-state index contributed by atoms with van der Waals surface area (Å²) in [5.74, 6) is 1.40. The first kappa shape index (κ1) is 21.0. The normalized spacial score (nSPS) is 10.9. The summed E-state index contributed by atoms with van der Waals surface area (Å²) in [6.45, 7) is 3.10. The molecule has 6 nitrogen and oxygen atoms in total. The monoisotopic (exact) mass is 413 g/mol. The molecule has 0 spiro atoms. The van der Waals surface area contributed by atoms with Crippen LogP contribution in [-0.2, 0) is 11.3 Å². The molecular weight excluding hydrogens is 386 g/mol. The molecule has 1 N–H and O–H groups in total. The minimum Gasteiger partial charge on any atom is -0.497 e. The Morgan fingerprint density at radius 1 is 1.14 bits per heavy atom. The number of unbranched alkanes of at least 4 members (excludes halogenated alkanes) is 2. The number of aryl methyl sites for hydroxylation is 1. The van der Waals surface area contributed by atoms with Crippen LogP contribution in [0.25, 0.3) is 11.0 Å². The molecule has 0 aliphatic carbocycles. The van der Waals surface area contributed by atoms with Crippen LogP contribution in [-0.4, -0.2) is 35.4 Å². The van der Waals surface area contributed by atoms with Crippen molar-refractivity contribution < 1.29 is 14.3 Å². The van der Waals surface area contributed by atoms with Gasteiger partial charge in [-0.15, -0.1) is 0 Å². The minimum atomic E-state index is -0.117. The Morgan fingerprint density at radius 2 is 1.97 bits per heavy atom. The fraction of sp³-hybridized carbons (Fsp3) is 0.364. The van der Waals surface area contributed by atoms with Crippen LogP contribution in [0.5, 0.6) is 11.5 Å². The molecule has 1 aromatic heterocycles. The van der Waals surface area contributed by atoms with Gasteiger partial charge >= 0.3 is 0 Å². The highest BCUT2D eigenvalue weighted by Crippen LogP contribution is 2.30. The number of hydrogen-bond donors (Lipinski definition) is 1. The van der Waals surface area contributed by atoms with Crippen LogP contribution >= 0.6 is 11.8 Å². The third-order valence-corrected chi connectivity index (χ3v) is 5.59. The first-order valence-electron chi connectivity index (χ1n) is 9.76. The number of ether oxygens (including phenoxy) is 2. The predicted octanol–water partition coefficient (Wildman–Crippen LogP) is 4.97. The maximum Gasteiger partial charge on any atom is 0.234 e. The summed E-state index contributed by atoms with van der Waals surface area (Å²) in [6.07, 6.45) is 3.43. The van der Waals surface area contributed by atoms with Crippen LogP contribution in [0, 0.1) is 0 Å². The van der Waals surface area contributed by atoms with Gasteiger partial charge < -0.3 is 19.4 Å². The van der Waals surface area contributed by atoms with Crippen molar-refractivity contribution in [3.63, 3.8) is 0 Å². The Morgan fingerprint density at radius 3 is 2.72 bits per heavy atom. The zero-order valence-electron chi connectivity index (χ0n) is 17.1. The molecule has 1 heterocycles. The largest absolute Gasteiger partial charge is 0.497 e. The van der Waals surface area contributed by atoms with Crippen molar-refractivity contribution in [2.24, 2.45) is 0 Å². The Balaban J connectivity index is 1.71. The molecule has 154 valence electrons. The van der Waals surface area contributed by atoms with Crippen molar-refractivity contribution in [3.05, 3.63) is 42.5 Å². The van der Waals surface area contributed by atoms with E-state index in [1.54, 1.807) is 32.4 Å². The molecule has 0 fully saturated rings. The number of para-hydroxylation sites is 2. The molecule has 3 rings (SSSR count). The number of carbonyl (C=O) groups excluding carboxylic acids is 1. The van der Waals surface area contributed by atoms with Gasteiger partial charge in [-0.1, -0.05) is 43.7 Å². The van der Waals surface area contributed by atoms with E-state index < -0.39 is 0 Å². The fourth-order valence-corrected chi connectivity index (χ4v) is 3.97. The SMILES string of the molecule is CCCCCn1c(SCC(=O)Nc2cc(OC)ccc2OC)nc2ccccc21. The lowest BCUT2D eigenvalue weighted by Crippen LogP contribution is -2.15. The van der Waals surface area contributed by atoms with Gasteiger partial charge in [-0.25, -0.2) is 4.98 Å². The average Bonchev–Trinajstić information content (AvgIpc) is 3.10. The molecule has 0 atom stereocenters. The van der Waals surface area contributed by atoms with Crippen molar-refractivity contribution in [3.8, 4) is 11.5 Å². The highest BCUT2D eigenvalue weighted by Gasteiger charge is 2.14. The summed E-state index contributed by atoms with van der Waals surface area (Å²) in [5.41, 5.74) is 2.66. The number of methoxy groups -OCH3 is 2. The predicted molar refractivity (Wildman–Crippen MR) is 118 cm³/mol. The van der Waals surface area contributed by atoms with Gasteiger partial charge in [-0.3, -0.25) is 4.79 Å². The number of benzene rings is 2. The van der Waals surface area contributed by atoms with E-state index in [4.69, 9.17) is 14.5 Å².